The maximum absolute atomic E-state index is 13.0. The molecule has 7 heteroatoms. The monoisotopic (exact) mass is 452 g/mol. The van der Waals surface area contributed by atoms with Gasteiger partial charge in [-0.2, -0.15) is 0 Å². The van der Waals surface area contributed by atoms with E-state index < -0.39 is 5.78 Å². The fourth-order valence-corrected chi connectivity index (χ4v) is 3.78. The van der Waals surface area contributed by atoms with Crippen LogP contribution < -0.4 is 11.1 Å². The lowest BCUT2D eigenvalue weighted by atomic mass is 10.0. The van der Waals surface area contributed by atoms with Crippen molar-refractivity contribution >= 4 is 57.2 Å². The third kappa shape index (κ3) is 4.15. The van der Waals surface area contributed by atoms with Crippen LogP contribution >= 0.6 is 23.2 Å². The molecule has 0 aliphatic carbocycles. The van der Waals surface area contributed by atoms with Crippen LogP contribution in [0.15, 0.2) is 65.1 Å². The number of carbonyl (C=O) groups excluding carboxylic acids is 2. The van der Waals surface area contributed by atoms with E-state index in [0.29, 0.717) is 28.1 Å². The van der Waals surface area contributed by atoms with E-state index in [1.807, 2.05) is 36.4 Å². The van der Waals surface area contributed by atoms with E-state index in [1.54, 1.807) is 25.1 Å². The minimum absolute atomic E-state index is 0.0281. The molecule has 1 heterocycles. The minimum Gasteiger partial charge on any atom is -0.450 e. The molecule has 1 aromatic heterocycles. The number of amides is 1. The first-order valence-corrected chi connectivity index (χ1v) is 10.3. The number of nitrogens with two attached hydrogens (primary N) is 1. The van der Waals surface area contributed by atoms with Gasteiger partial charge in [0.25, 0.3) is 0 Å². The Bertz CT molecular complexity index is 1330. The molecule has 0 radical (unpaired) electrons. The van der Waals surface area contributed by atoms with Gasteiger partial charge in [0.15, 0.2) is 5.76 Å². The van der Waals surface area contributed by atoms with Gasteiger partial charge in [-0.05, 0) is 53.6 Å². The van der Waals surface area contributed by atoms with Crippen LogP contribution in [0.5, 0.6) is 0 Å². The number of anilines is 2. The van der Waals surface area contributed by atoms with Crippen LogP contribution in [0.25, 0.3) is 22.1 Å². The summed E-state index contributed by atoms with van der Waals surface area (Å²) in [4.78, 5) is 24.6. The summed E-state index contributed by atoms with van der Waals surface area (Å²) in [5, 5.41) is 4.14. The zero-order valence-corrected chi connectivity index (χ0v) is 18.1. The number of nitrogen functional groups attached to an aromatic ring is 1. The predicted octanol–water partition coefficient (Wildman–Crippen LogP) is 6.57. The molecule has 0 saturated carbocycles. The molecule has 4 aromatic rings. The van der Waals surface area contributed by atoms with Crippen LogP contribution in [-0.2, 0) is 4.79 Å². The Labute approximate surface area is 188 Å². The zero-order valence-electron chi connectivity index (χ0n) is 16.5. The summed E-state index contributed by atoms with van der Waals surface area (Å²) in [6.45, 7) is 1.80. The standard InChI is InChI=1S/C24H18Cl2N2O3/c1-2-21(29)28-16-5-3-4-13(10-16)14-6-8-18-20(11-14)31-24(22(18)27)23(30)17-9-7-15(25)12-19(17)26/h3-12H,2,27H2,1H3,(H,28,29). The Kier molecular flexibility index (Phi) is 5.72. The molecule has 0 saturated heterocycles. The Hall–Kier alpha value is -3.28. The lowest BCUT2D eigenvalue weighted by Gasteiger charge is -2.07. The number of benzene rings is 3. The summed E-state index contributed by atoms with van der Waals surface area (Å²) in [6, 6.07) is 17.6. The lowest BCUT2D eigenvalue weighted by molar-refractivity contribution is -0.115. The number of nitrogens with one attached hydrogen (secondary N) is 1. The summed E-state index contributed by atoms with van der Waals surface area (Å²) >= 11 is 12.1. The van der Waals surface area contributed by atoms with E-state index in [4.69, 9.17) is 33.4 Å². The summed E-state index contributed by atoms with van der Waals surface area (Å²) < 4.78 is 5.84. The average Bonchev–Trinajstić information content (AvgIpc) is 3.09. The Balaban J connectivity index is 1.72. The molecule has 0 bridgehead atoms. The van der Waals surface area contributed by atoms with E-state index in [1.165, 1.54) is 6.07 Å². The molecule has 156 valence electrons. The van der Waals surface area contributed by atoms with Gasteiger partial charge in [0, 0.05) is 28.1 Å². The van der Waals surface area contributed by atoms with E-state index in [0.717, 1.165) is 11.1 Å². The Morgan fingerprint density at radius 2 is 1.77 bits per heavy atom. The number of hydrogen-bond acceptors (Lipinski definition) is 4. The second-order valence-corrected chi connectivity index (χ2v) is 7.84. The molecule has 3 N–H and O–H groups in total. The van der Waals surface area contributed by atoms with Crippen LogP contribution in [-0.4, -0.2) is 11.7 Å². The minimum atomic E-state index is -0.416. The molecule has 31 heavy (non-hydrogen) atoms. The second kappa shape index (κ2) is 8.46. The van der Waals surface area contributed by atoms with Crippen LogP contribution in [0.2, 0.25) is 10.0 Å². The molecule has 0 aliphatic heterocycles. The van der Waals surface area contributed by atoms with Gasteiger partial charge in [0.05, 0.1) is 10.7 Å². The summed E-state index contributed by atoms with van der Waals surface area (Å²) in [5.74, 6) is -0.447. The van der Waals surface area contributed by atoms with Crippen LogP contribution in [0.3, 0.4) is 0 Å². The quantitative estimate of drug-likeness (QED) is 0.335. The van der Waals surface area contributed by atoms with E-state index in [9.17, 15) is 9.59 Å². The van der Waals surface area contributed by atoms with Gasteiger partial charge in [-0.3, -0.25) is 9.59 Å². The molecule has 0 atom stereocenters. The molecular weight excluding hydrogens is 435 g/mol. The van der Waals surface area contributed by atoms with Gasteiger partial charge >= 0.3 is 0 Å². The highest BCUT2D eigenvalue weighted by atomic mass is 35.5. The van der Waals surface area contributed by atoms with Crippen LogP contribution in [0, 0.1) is 0 Å². The largest absolute Gasteiger partial charge is 0.450 e. The molecule has 0 spiro atoms. The summed E-state index contributed by atoms with van der Waals surface area (Å²) in [7, 11) is 0. The number of fused-ring (bicyclic) bond motifs is 1. The maximum atomic E-state index is 13.0. The molecule has 3 aromatic carbocycles. The first-order valence-electron chi connectivity index (χ1n) is 9.59. The van der Waals surface area contributed by atoms with Crippen molar-refractivity contribution in [2.24, 2.45) is 0 Å². The fourth-order valence-electron chi connectivity index (χ4n) is 3.29. The topological polar surface area (TPSA) is 85.3 Å². The smallest absolute Gasteiger partial charge is 0.231 e. The molecule has 0 unspecified atom stereocenters. The SMILES string of the molecule is CCC(=O)Nc1cccc(-c2ccc3c(N)c(C(=O)c4ccc(Cl)cc4Cl)oc3c2)c1. The fraction of sp³-hybridized carbons (Fsp3) is 0.0833. The van der Waals surface area contributed by atoms with Gasteiger partial charge < -0.3 is 15.5 Å². The average molecular weight is 453 g/mol. The van der Waals surface area contributed by atoms with Crippen molar-refractivity contribution in [3.05, 3.63) is 82.0 Å². The first-order chi connectivity index (χ1) is 14.9. The van der Waals surface area contributed by atoms with Gasteiger partial charge in [0.1, 0.15) is 5.58 Å². The van der Waals surface area contributed by atoms with Crippen molar-refractivity contribution in [1.82, 2.24) is 0 Å². The lowest BCUT2D eigenvalue weighted by Crippen LogP contribution is -2.09. The van der Waals surface area contributed by atoms with Gasteiger partial charge in [-0.1, -0.05) is 48.3 Å². The Morgan fingerprint density at radius 3 is 2.52 bits per heavy atom. The number of hydrogen-bond donors (Lipinski definition) is 2. The zero-order chi connectivity index (χ0) is 22.1. The van der Waals surface area contributed by atoms with Crippen molar-refractivity contribution in [3.63, 3.8) is 0 Å². The molecule has 1 amide bonds. The highest BCUT2D eigenvalue weighted by molar-refractivity contribution is 6.37. The van der Waals surface area contributed by atoms with Gasteiger partial charge in [-0.25, -0.2) is 0 Å². The normalized spacial score (nSPS) is 10.9. The second-order valence-electron chi connectivity index (χ2n) is 6.99. The predicted molar refractivity (Wildman–Crippen MR) is 125 cm³/mol. The number of ketones is 1. The molecule has 4 rings (SSSR count). The molecule has 0 fully saturated rings. The highest BCUT2D eigenvalue weighted by Gasteiger charge is 2.22. The van der Waals surface area contributed by atoms with E-state index in [2.05, 4.69) is 5.32 Å². The molecular formula is C24H18Cl2N2O3. The van der Waals surface area contributed by atoms with Gasteiger partial charge in [-0.15, -0.1) is 0 Å². The number of furan rings is 1. The van der Waals surface area contributed by atoms with Gasteiger partial charge in [0.2, 0.25) is 11.7 Å². The van der Waals surface area contributed by atoms with Crippen molar-refractivity contribution in [1.29, 1.82) is 0 Å². The van der Waals surface area contributed by atoms with Crippen molar-refractivity contribution in [3.8, 4) is 11.1 Å². The number of carbonyl (C=O) groups is 2. The summed E-state index contributed by atoms with van der Waals surface area (Å²) in [6.07, 6.45) is 0.399. The summed E-state index contributed by atoms with van der Waals surface area (Å²) in [5.41, 5.74) is 9.65. The Morgan fingerprint density at radius 1 is 1.00 bits per heavy atom. The maximum Gasteiger partial charge on any atom is 0.231 e. The number of rotatable bonds is 5. The van der Waals surface area contributed by atoms with Crippen molar-refractivity contribution < 1.29 is 14.0 Å². The van der Waals surface area contributed by atoms with Crippen LogP contribution in [0.4, 0.5) is 11.4 Å². The third-order valence-corrected chi connectivity index (χ3v) is 5.46. The molecule has 0 aliphatic rings. The third-order valence-electron chi connectivity index (χ3n) is 4.91. The van der Waals surface area contributed by atoms with Crippen molar-refractivity contribution in [2.45, 2.75) is 13.3 Å². The van der Waals surface area contributed by atoms with Crippen molar-refractivity contribution in [2.75, 3.05) is 11.1 Å². The van der Waals surface area contributed by atoms with E-state index >= 15 is 0 Å². The van der Waals surface area contributed by atoms with Crippen LogP contribution in [0.1, 0.15) is 29.5 Å². The van der Waals surface area contributed by atoms with E-state index in [-0.39, 0.29) is 27.9 Å². The first kappa shape index (κ1) is 21.0. The number of halogens is 2. The highest BCUT2D eigenvalue weighted by Crippen LogP contribution is 2.35. The molecule has 5 nitrogen and oxygen atoms in total.